The van der Waals surface area contributed by atoms with Gasteiger partial charge in [-0.15, -0.1) is 0 Å². The van der Waals surface area contributed by atoms with Gasteiger partial charge in [0.2, 0.25) is 0 Å². The lowest BCUT2D eigenvalue weighted by molar-refractivity contribution is 0.628. The summed E-state index contributed by atoms with van der Waals surface area (Å²) in [4.78, 5) is 9.16. The highest BCUT2D eigenvalue weighted by Crippen LogP contribution is 2.55. The van der Waals surface area contributed by atoms with E-state index in [1.165, 1.54) is 97.1 Å². The summed E-state index contributed by atoms with van der Waals surface area (Å²) in [5.74, 6) is -2.78. The fraction of sp³-hybridized carbons (Fsp3) is 0.0588. The van der Waals surface area contributed by atoms with Crippen LogP contribution in [0.5, 0.6) is 0 Å². The molecule has 24 aromatic carbocycles. The highest BCUT2D eigenvalue weighted by Gasteiger charge is 2.31. The molecule has 0 bridgehead atoms. The quantitative estimate of drug-likeness (QED) is 0.0557. The Hall–Kier alpha value is -18.0. The van der Waals surface area contributed by atoms with Crippen LogP contribution in [0.15, 0.2) is 437 Å². The van der Waals surface area contributed by atoms with Gasteiger partial charge in [0.25, 0.3) is 0 Å². The number of rotatable bonds is 20. The zero-order valence-electron chi connectivity index (χ0n) is 82.4. The molecule has 0 aromatic heterocycles. The average molecular weight is 1940 g/mol. The second-order valence-electron chi connectivity index (χ2n) is 38.7. The van der Waals surface area contributed by atoms with Crippen molar-refractivity contribution in [1.29, 1.82) is 0 Å². The standard InChI is InChI=1S/2C68H48F4N2/c1-41-11-5-12-42(2)67(41)73(59-37-51(47-15-7-19-55(69)33-47)31-52(38-59)48-16-8-20-56(70)34-48)63-29-25-45-24-28-62-64(30-26-46-23-27-61(63)65(45)66(46)62)74(68-43(3)13-6-14-44(68)4)60-39-53(49-17-9-21-57(71)35-49)32-54(40-60)50-18-10-22-58(72)36-50;1-41-17-25-63(43(3)29-41)73(59-37-51(47-9-5-13-55(69)33-47)31-52(38-59)48-10-6-14-56(70)34-48)65-27-21-45-20-24-62-66(28-22-46-19-23-61(65)67(45)68(46)62)74(64-26-18-42(2)30-44(64)4)60-39-53(49-11-7-15-57(71)35-49)32-54(40-60)50-12-8-16-58(72)36-50/h2*5-40H,1-4H3. The molecule has 0 spiro atoms. The van der Waals surface area contributed by atoms with Gasteiger partial charge in [-0.2, -0.15) is 0 Å². The Morgan fingerprint density at radius 2 is 0.324 bits per heavy atom. The minimum atomic E-state index is -0.347. The Morgan fingerprint density at radius 3 is 0.527 bits per heavy atom. The zero-order valence-corrected chi connectivity index (χ0v) is 82.4. The van der Waals surface area contributed by atoms with Gasteiger partial charge < -0.3 is 19.6 Å². The molecule has 12 heteroatoms. The highest BCUT2D eigenvalue weighted by atomic mass is 19.2. The summed E-state index contributed by atoms with van der Waals surface area (Å²) in [6.07, 6.45) is 0. The number of benzene rings is 24. The van der Waals surface area contributed by atoms with Crippen LogP contribution >= 0.6 is 0 Å². The van der Waals surface area contributed by atoms with Crippen molar-refractivity contribution in [2.24, 2.45) is 0 Å². The van der Waals surface area contributed by atoms with Gasteiger partial charge in [-0.3, -0.25) is 0 Å². The molecule has 4 nitrogen and oxygen atoms in total. The Labute approximate surface area is 854 Å². The molecule has 0 radical (unpaired) electrons. The van der Waals surface area contributed by atoms with Crippen LogP contribution in [0.25, 0.3) is 154 Å². The first kappa shape index (κ1) is 93.6. The molecule has 0 saturated carbocycles. The molecule has 0 aliphatic carbocycles. The first-order valence-electron chi connectivity index (χ1n) is 49.4. The number of hydrogen-bond acceptors (Lipinski definition) is 4. The molecule has 0 saturated heterocycles. The topological polar surface area (TPSA) is 13.0 Å². The molecule has 24 rings (SSSR count). The lowest BCUT2D eigenvalue weighted by Gasteiger charge is -2.32. The van der Waals surface area contributed by atoms with Crippen LogP contribution in [-0.2, 0) is 0 Å². The predicted molar refractivity (Wildman–Crippen MR) is 600 cm³/mol. The third-order valence-corrected chi connectivity index (χ3v) is 28.7. The van der Waals surface area contributed by atoms with Gasteiger partial charge in [-0.25, -0.2) is 35.1 Å². The smallest absolute Gasteiger partial charge is 0.123 e. The van der Waals surface area contributed by atoms with Crippen LogP contribution in [-0.4, -0.2) is 0 Å². The monoisotopic (exact) mass is 1940 g/mol. The van der Waals surface area contributed by atoms with Gasteiger partial charge in [0.1, 0.15) is 46.5 Å². The van der Waals surface area contributed by atoms with Crippen LogP contribution in [0.2, 0.25) is 0 Å². The third kappa shape index (κ3) is 17.9. The third-order valence-electron chi connectivity index (χ3n) is 28.7. The van der Waals surface area contributed by atoms with Crippen molar-refractivity contribution < 1.29 is 35.1 Å². The van der Waals surface area contributed by atoms with E-state index in [0.717, 1.165) is 222 Å². The van der Waals surface area contributed by atoms with Crippen LogP contribution in [0.1, 0.15) is 44.5 Å². The summed E-state index contributed by atoms with van der Waals surface area (Å²) in [5, 5.41) is 12.6. The fourth-order valence-electron chi connectivity index (χ4n) is 22.0. The molecular formula is C136H96F8N4. The maximum absolute atomic E-state index is 15.0. The maximum Gasteiger partial charge on any atom is 0.123 e. The Kier molecular flexibility index (Phi) is 24.4. The summed E-state index contributed by atoms with van der Waals surface area (Å²) >= 11 is 0. The second kappa shape index (κ2) is 38.6. The van der Waals surface area contributed by atoms with E-state index >= 15 is 35.1 Å². The molecule has 0 fully saturated rings. The molecule has 0 unspecified atom stereocenters. The van der Waals surface area contributed by atoms with Gasteiger partial charge in [0, 0.05) is 55.7 Å². The van der Waals surface area contributed by atoms with E-state index in [-0.39, 0.29) is 46.5 Å². The summed E-state index contributed by atoms with van der Waals surface area (Å²) in [7, 11) is 0. The van der Waals surface area contributed by atoms with Crippen LogP contribution in [0.4, 0.5) is 103 Å². The summed E-state index contributed by atoms with van der Waals surface area (Å²) in [6, 6.07) is 138. The molecule has 0 amide bonds. The van der Waals surface area contributed by atoms with Gasteiger partial charge in [-0.05, 0) is 427 Å². The largest absolute Gasteiger partial charge is 0.310 e. The second-order valence-corrected chi connectivity index (χ2v) is 38.7. The normalized spacial score (nSPS) is 11.5. The van der Waals surface area contributed by atoms with E-state index in [1.807, 2.05) is 72.8 Å². The fourth-order valence-corrected chi connectivity index (χ4v) is 22.0. The molecule has 0 aliphatic heterocycles. The van der Waals surface area contributed by atoms with Crippen molar-refractivity contribution in [3.8, 4) is 89.0 Å². The van der Waals surface area contributed by atoms with E-state index < -0.39 is 0 Å². The molecule has 0 aliphatic rings. The molecule has 716 valence electrons. The lowest BCUT2D eigenvalue weighted by atomic mass is 9.90. The first-order chi connectivity index (χ1) is 71.9. The van der Waals surface area contributed by atoms with Crippen LogP contribution in [0, 0.1) is 102 Å². The van der Waals surface area contributed by atoms with E-state index in [9.17, 15) is 0 Å². The molecule has 0 heterocycles. The minimum Gasteiger partial charge on any atom is -0.310 e. The van der Waals surface area contributed by atoms with Crippen molar-refractivity contribution >= 4 is 133 Å². The molecule has 0 N–H and O–H groups in total. The summed E-state index contributed by atoms with van der Waals surface area (Å²) < 4.78 is 120. The van der Waals surface area contributed by atoms with Crippen molar-refractivity contribution in [2.75, 3.05) is 19.6 Å². The van der Waals surface area contributed by atoms with E-state index in [0.29, 0.717) is 44.5 Å². The van der Waals surface area contributed by atoms with Crippen LogP contribution in [0.3, 0.4) is 0 Å². The van der Waals surface area contributed by atoms with Crippen molar-refractivity contribution in [2.45, 2.75) is 55.4 Å². The number of para-hydroxylation sites is 2. The molecule has 0 atom stereocenters. The van der Waals surface area contributed by atoms with Gasteiger partial charge in [0.05, 0.1) is 34.1 Å². The molecule has 24 aromatic rings. The SMILES string of the molecule is Cc1ccc(N(c2cc(-c3cccc(F)c3)cc(-c3cccc(F)c3)c2)c2ccc3ccc4c(N(c5cc(-c6cccc(F)c6)cc(-c6cccc(F)c6)c5)c5ccc(C)cc5C)ccc5ccc2c3c54)c(C)c1.Cc1cccc(C)c1N(c1cc(-c2cccc(F)c2)cc(-c2cccc(F)c2)c1)c1ccc2ccc3c(N(c4cc(-c5cccc(F)c5)cc(-c5cccc(F)c5)c4)c4c(C)cccc4C)ccc4ccc1c2c43. The Bertz CT molecular complexity index is 8560. The van der Waals surface area contributed by atoms with E-state index in [4.69, 9.17) is 0 Å². The average Bonchev–Trinajstić information content (AvgIpc) is 0.716. The van der Waals surface area contributed by atoms with Gasteiger partial charge in [0.15, 0.2) is 0 Å². The number of halogens is 8. The molecular weight excluding hydrogens is 1840 g/mol. The first-order valence-corrected chi connectivity index (χ1v) is 49.4. The van der Waals surface area contributed by atoms with Crippen LogP contribution < -0.4 is 19.6 Å². The lowest BCUT2D eigenvalue weighted by Crippen LogP contribution is -2.14. The summed E-state index contributed by atoms with van der Waals surface area (Å²) in [6.45, 7) is 16.9. The predicted octanol–water partition coefficient (Wildman–Crippen LogP) is 40.0. The number of hydrogen-bond donors (Lipinski definition) is 0. The van der Waals surface area contributed by atoms with E-state index in [1.54, 1.807) is 48.5 Å². The van der Waals surface area contributed by atoms with Gasteiger partial charge >= 0.3 is 0 Å². The van der Waals surface area contributed by atoms with Gasteiger partial charge in [-0.1, -0.05) is 242 Å². The number of anilines is 12. The summed E-state index contributed by atoms with van der Waals surface area (Å²) in [5.41, 5.74) is 31.4. The zero-order chi connectivity index (χ0) is 102. The number of aryl methyl sites for hydroxylation is 8. The van der Waals surface area contributed by atoms with Crippen molar-refractivity contribution in [1.82, 2.24) is 0 Å². The van der Waals surface area contributed by atoms with Crippen molar-refractivity contribution in [3.05, 3.63) is 528 Å². The minimum absolute atomic E-state index is 0.347. The van der Waals surface area contributed by atoms with Crippen molar-refractivity contribution in [3.63, 3.8) is 0 Å². The highest BCUT2D eigenvalue weighted by molar-refractivity contribution is 6.30. The number of nitrogens with zero attached hydrogens (tertiary/aromatic N) is 4. The Morgan fingerprint density at radius 1 is 0.142 bits per heavy atom. The maximum atomic E-state index is 15.0. The molecule has 148 heavy (non-hydrogen) atoms. The Balaban J connectivity index is 0.000000163. The van der Waals surface area contributed by atoms with E-state index in [2.05, 4.69) is 293 Å².